The first-order chi connectivity index (χ1) is 11.0. The van der Waals surface area contributed by atoms with Gasteiger partial charge in [-0.05, 0) is 44.2 Å². The van der Waals surface area contributed by atoms with Crippen LogP contribution in [0.15, 0.2) is 54.9 Å². The normalized spacial score (nSPS) is 11.4. The summed E-state index contributed by atoms with van der Waals surface area (Å²) in [4.78, 5) is 8.60. The molecule has 118 valence electrons. The molecule has 0 saturated carbocycles. The zero-order valence-corrected chi connectivity index (χ0v) is 13.8. The largest absolute Gasteiger partial charge is 0.486 e. The zero-order valence-electron chi connectivity index (χ0n) is 13.1. The van der Waals surface area contributed by atoms with Gasteiger partial charge < -0.3 is 10.1 Å². The fourth-order valence-electron chi connectivity index (χ4n) is 2.33. The van der Waals surface area contributed by atoms with E-state index in [4.69, 9.17) is 16.3 Å². The second-order valence-electron chi connectivity index (χ2n) is 5.91. The molecule has 2 aromatic carbocycles. The van der Waals surface area contributed by atoms with Gasteiger partial charge in [0.1, 0.15) is 23.5 Å². The van der Waals surface area contributed by atoms with Crippen molar-refractivity contribution < 1.29 is 4.74 Å². The maximum Gasteiger partial charge on any atom is 0.137 e. The summed E-state index contributed by atoms with van der Waals surface area (Å²) < 4.78 is 6.03. The Labute approximate surface area is 140 Å². The summed E-state index contributed by atoms with van der Waals surface area (Å²) in [7, 11) is 0. The number of benzene rings is 2. The number of hydrogen-bond donors (Lipinski definition) is 1. The molecule has 3 rings (SSSR count). The van der Waals surface area contributed by atoms with Gasteiger partial charge in [-0.25, -0.2) is 9.97 Å². The van der Waals surface area contributed by atoms with E-state index in [1.54, 1.807) is 6.33 Å². The lowest BCUT2D eigenvalue weighted by molar-refractivity contribution is 0.123. The van der Waals surface area contributed by atoms with E-state index in [9.17, 15) is 0 Å². The molecule has 0 aliphatic carbocycles. The highest BCUT2D eigenvalue weighted by molar-refractivity contribution is 6.30. The average molecular weight is 328 g/mol. The topological polar surface area (TPSA) is 47.0 Å². The lowest BCUT2D eigenvalue weighted by Gasteiger charge is -2.27. The van der Waals surface area contributed by atoms with E-state index in [-0.39, 0.29) is 0 Å². The standard InChI is InChI=1S/C18H18ClN3O/c1-18(2,23-14-7-5-6-13(19)10-14)11-20-17-15-8-3-4-9-16(15)21-12-22-17/h3-10,12H,11H2,1-2H3,(H,20,21,22). The average Bonchev–Trinajstić information content (AvgIpc) is 2.52. The number of rotatable bonds is 5. The Bertz CT molecular complexity index is 815. The van der Waals surface area contributed by atoms with Gasteiger partial charge >= 0.3 is 0 Å². The minimum absolute atomic E-state index is 0.420. The first kappa shape index (κ1) is 15.6. The van der Waals surface area contributed by atoms with Crippen LogP contribution < -0.4 is 10.1 Å². The number of nitrogens with zero attached hydrogens (tertiary/aromatic N) is 2. The number of aromatic nitrogens is 2. The first-order valence-corrected chi connectivity index (χ1v) is 7.79. The third-order valence-corrected chi connectivity index (χ3v) is 3.65. The van der Waals surface area contributed by atoms with Crippen LogP contribution >= 0.6 is 11.6 Å². The molecular formula is C18H18ClN3O. The van der Waals surface area contributed by atoms with Crippen LogP contribution in [0.3, 0.4) is 0 Å². The predicted octanol–water partition coefficient (Wildman–Crippen LogP) is 4.55. The number of fused-ring (bicyclic) bond motifs is 1. The van der Waals surface area contributed by atoms with E-state index in [0.717, 1.165) is 22.5 Å². The van der Waals surface area contributed by atoms with Crippen molar-refractivity contribution in [3.63, 3.8) is 0 Å². The van der Waals surface area contributed by atoms with Crippen molar-refractivity contribution in [3.05, 3.63) is 59.9 Å². The Morgan fingerprint density at radius 2 is 1.91 bits per heavy atom. The molecule has 0 aliphatic heterocycles. The zero-order chi connectivity index (χ0) is 16.3. The van der Waals surface area contributed by atoms with Crippen LogP contribution in [0.5, 0.6) is 5.75 Å². The second-order valence-corrected chi connectivity index (χ2v) is 6.35. The smallest absolute Gasteiger partial charge is 0.137 e. The van der Waals surface area contributed by atoms with Crippen LogP contribution in [0.1, 0.15) is 13.8 Å². The lowest BCUT2D eigenvalue weighted by Crippen LogP contribution is -2.36. The van der Waals surface area contributed by atoms with Gasteiger partial charge in [0.2, 0.25) is 0 Å². The Balaban J connectivity index is 1.73. The van der Waals surface area contributed by atoms with Gasteiger partial charge in [-0.2, -0.15) is 0 Å². The summed E-state index contributed by atoms with van der Waals surface area (Å²) in [6.45, 7) is 4.63. The van der Waals surface area contributed by atoms with Gasteiger partial charge in [0.05, 0.1) is 12.1 Å². The van der Waals surface area contributed by atoms with Crippen molar-refractivity contribution in [1.29, 1.82) is 0 Å². The molecule has 0 bridgehead atoms. The molecule has 5 heteroatoms. The Morgan fingerprint density at radius 3 is 2.74 bits per heavy atom. The molecule has 0 radical (unpaired) electrons. The van der Waals surface area contributed by atoms with E-state index >= 15 is 0 Å². The molecular weight excluding hydrogens is 310 g/mol. The number of ether oxygens (including phenoxy) is 1. The third-order valence-electron chi connectivity index (χ3n) is 3.41. The highest BCUT2D eigenvalue weighted by Gasteiger charge is 2.20. The van der Waals surface area contributed by atoms with Crippen molar-refractivity contribution in [2.45, 2.75) is 19.4 Å². The molecule has 0 unspecified atom stereocenters. The fraction of sp³-hybridized carbons (Fsp3) is 0.222. The molecule has 1 aromatic heterocycles. The summed E-state index contributed by atoms with van der Waals surface area (Å²) in [5.74, 6) is 1.55. The molecule has 4 nitrogen and oxygen atoms in total. The maximum absolute atomic E-state index is 6.03. The second kappa shape index (κ2) is 6.42. The maximum atomic E-state index is 6.03. The summed E-state index contributed by atoms with van der Waals surface area (Å²) in [6, 6.07) is 15.3. The van der Waals surface area contributed by atoms with Gasteiger partial charge in [0.15, 0.2) is 0 Å². The summed E-state index contributed by atoms with van der Waals surface area (Å²) in [5, 5.41) is 5.01. The van der Waals surface area contributed by atoms with Crippen molar-refractivity contribution >= 4 is 28.3 Å². The molecule has 1 N–H and O–H groups in total. The summed E-state index contributed by atoms with van der Waals surface area (Å²) in [6.07, 6.45) is 1.56. The molecule has 0 aliphatic rings. The predicted molar refractivity (Wildman–Crippen MR) is 94.2 cm³/mol. The molecule has 0 saturated heterocycles. The van der Waals surface area contributed by atoms with Crippen molar-refractivity contribution in [3.8, 4) is 5.75 Å². The highest BCUT2D eigenvalue weighted by Crippen LogP contribution is 2.23. The highest BCUT2D eigenvalue weighted by atomic mass is 35.5. The van der Waals surface area contributed by atoms with E-state index < -0.39 is 5.60 Å². The minimum Gasteiger partial charge on any atom is -0.486 e. The van der Waals surface area contributed by atoms with Gasteiger partial charge in [-0.1, -0.05) is 29.8 Å². The Morgan fingerprint density at radius 1 is 1.09 bits per heavy atom. The van der Waals surface area contributed by atoms with E-state index in [1.807, 2.05) is 62.4 Å². The molecule has 0 atom stereocenters. The van der Waals surface area contributed by atoms with E-state index in [1.165, 1.54) is 0 Å². The van der Waals surface area contributed by atoms with E-state index in [0.29, 0.717) is 11.6 Å². The molecule has 23 heavy (non-hydrogen) atoms. The van der Waals surface area contributed by atoms with Gasteiger partial charge in [-0.15, -0.1) is 0 Å². The lowest BCUT2D eigenvalue weighted by atomic mass is 10.1. The van der Waals surface area contributed by atoms with Crippen molar-refractivity contribution in [2.75, 3.05) is 11.9 Å². The van der Waals surface area contributed by atoms with Crippen molar-refractivity contribution in [2.24, 2.45) is 0 Å². The molecule has 0 amide bonds. The van der Waals surface area contributed by atoms with Crippen LogP contribution in [0.25, 0.3) is 10.9 Å². The number of hydrogen-bond acceptors (Lipinski definition) is 4. The Kier molecular flexibility index (Phi) is 4.35. The van der Waals surface area contributed by atoms with Crippen LogP contribution in [0, 0.1) is 0 Å². The first-order valence-electron chi connectivity index (χ1n) is 7.42. The van der Waals surface area contributed by atoms with Crippen LogP contribution in [0.4, 0.5) is 5.82 Å². The quantitative estimate of drug-likeness (QED) is 0.746. The van der Waals surface area contributed by atoms with Crippen LogP contribution in [-0.4, -0.2) is 22.1 Å². The van der Waals surface area contributed by atoms with E-state index in [2.05, 4.69) is 15.3 Å². The van der Waals surface area contributed by atoms with Gasteiger partial charge in [0, 0.05) is 10.4 Å². The Hall–Kier alpha value is -2.33. The minimum atomic E-state index is -0.420. The number of nitrogens with one attached hydrogen (secondary N) is 1. The molecule has 0 fully saturated rings. The summed E-state index contributed by atoms with van der Waals surface area (Å²) in [5.41, 5.74) is 0.495. The monoisotopic (exact) mass is 327 g/mol. The molecule has 1 heterocycles. The SMILES string of the molecule is CC(C)(CNc1ncnc2ccccc12)Oc1cccc(Cl)c1. The fourth-order valence-corrected chi connectivity index (χ4v) is 2.51. The van der Waals surface area contributed by atoms with Crippen LogP contribution in [0.2, 0.25) is 5.02 Å². The molecule has 0 spiro atoms. The molecule has 3 aromatic rings. The van der Waals surface area contributed by atoms with Crippen LogP contribution in [-0.2, 0) is 0 Å². The number of anilines is 1. The number of para-hydroxylation sites is 1. The van der Waals surface area contributed by atoms with Gasteiger partial charge in [-0.3, -0.25) is 0 Å². The van der Waals surface area contributed by atoms with Gasteiger partial charge in [0.25, 0.3) is 0 Å². The summed E-state index contributed by atoms with van der Waals surface area (Å²) >= 11 is 6.00. The van der Waals surface area contributed by atoms with Crippen molar-refractivity contribution in [1.82, 2.24) is 9.97 Å². The number of halogens is 1. The third kappa shape index (κ3) is 3.90.